The van der Waals surface area contributed by atoms with Crippen molar-refractivity contribution in [3.63, 3.8) is 0 Å². The molecule has 1 aliphatic heterocycles. The van der Waals surface area contributed by atoms with Gasteiger partial charge in [0.15, 0.2) is 11.4 Å². The van der Waals surface area contributed by atoms with Gasteiger partial charge in [0, 0.05) is 45.3 Å². The Kier molecular flexibility index (Phi) is 5.84. The van der Waals surface area contributed by atoms with Crippen LogP contribution in [0.15, 0.2) is 45.9 Å². The normalized spacial score (nSPS) is 14.6. The average molecular weight is 463 g/mol. The van der Waals surface area contributed by atoms with Gasteiger partial charge in [0.25, 0.3) is 5.56 Å². The van der Waals surface area contributed by atoms with Crippen LogP contribution < -0.4 is 20.9 Å². The second-order valence-electron chi connectivity index (χ2n) is 8.15. The summed E-state index contributed by atoms with van der Waals surface area (Å²) >= 11 is 0. The van der Waals surface area contributed by atoms with Gasteiger partial charge in [0.1, 0.15) is 17.0 Å². The molecule has 5 rings (SSSR count). The number of nitrogens with two attached hydrogens (primary N) is 1. The third kappa shape index (κ3) is 4.29. The first-order valence-corrected chi connectivity index (χ1v) is 11.1. The van der Waals surface area contributed by atoms with Crippen LogP contribution in [0.25, 0.3) is 22.6 Å². The maximum atomic E-state index is 12.7. The molecule has 34 heavy (non-hydrogen) atoms. The highest BCUT2D eigenvalue weighted by Gasteiger charge is 2.20. The highest BCUT2D eigenvalue weighted by Crippen LogP contribution is 2.26. The zero-order chi connectivity index (χ0) is 23.7. The Morgan fingerprint density at radius 3 is 2.53 bits per heavy atom. The Balaban J connectivity index is 1.32. The van der Waals surface area contributed by atoms with E-state index < -0.39 is 0 Å². The van der Waals surface area contributed by atoms with E-state index in [-0.39, 0.29) is 11.5 Å². The molecule has 1 aliphatic rings. The first-order valence-electron chi connectivity index (χ1n) is 11.1. The second-order valence-corrected chi connectivity index (χ2v) is 8.15. The molecule has 4 aromatic rings. The van der Waals surface area contributed by atoms with Crippen molar-refractivity contribution in [2.75, 3.05) is 50.5 Å². The summed E-state index contributed by atoms with van der Waals surface area (Å²) < 4.78 is 12.5. The standard InChI is InChI=1S/C23H26N8O3/c1-15-3-5-17(34-15)20-21-22(28-23(24)27-20)31(19(32)14-26-21)12-9-29-7-10-30(11-8-29)16-4-6-18(33-2)25-13-16/h3-6,13-14H,7-12H2,1-2H3,(H2,24,27,28). The SMILES string of the molecule is COc1ccc(N2CCN(CCn3c(=O)cnc4c(-c5ccc(C)o5)nc(N)nc43)CC2)cn1. The van der Waals surface area contributed by atoms with Crippen molar-refractivity contribution >= 4 is 22.8 Å². The van der Waals surface area contributed by atoms with E-state index in [0.717, 1.165) is 37.6 Å². The van der Waals surface area contributed by atoms with Gasteiger partial charge in [-0.1, -0.05) is 0 Å². The van der Waals surface area contributed by atoms with E-state index >= 15 is 0 Å². The number of hydrogen-bond acceptors (Lipinski definition) is 10. The van der Waals surface area contributed by atoms with Crippen molar-refractivity contribution in [2.45, 2.75) is 13.5 Å². The number of piperazine rings is 1. The van der Waals surface area contributed by atoms with Crippen LogP contribution >= 0.6 is 0 Å². The number of furan rings is 1. The molecule has 0 unspecified atom stereocenters. The quantitative estimate of drug-likeness (QED) is 0.451. The fourth-order valence-corrected chi connectivity index (χ4v) is 4.16. The van der Waals surface area contributed by atoms with Gasteiger partial charge in [-0.25, -0.2) is 15.0 Å². The third-order valence-corrected chi connectivity index (χ3v) is 5.99. The monoisotopic (exact) mass is 462 g/mol. The minimum Gasteiger partial charge on any atom is -0.481 e. The van der Waals surface area contributed by atoms with Crippen LogP contribution in [0.1, 0.15) is 5.76 Å². The number of hydrogen-bond donors (Lipinski definition) is 1. The molecule has 11 nitrogen and oxygen atoms in total. The van der Waals surface area contributed by atoms with Crippen LogP contribution in [0.5, 0.6) is 5.88 Å². The third-order valence-electron chi connectivity index (χ3n) is 5.99. The zero-order valence-corrected chi connectivity index (χ0v) is 19.1. The number of anilines is 2. The number of aryl methyl sites for hydroxylation is 1. The first kappa shape index (κ1) is 21.8. The van der Waals surface area contributed by atoms with Gasteiger partial charge >= 0.3 is 0 Å². The lowest BCUT2D eigenvalue weighted by molar-refractivity contribution is 0.248. The molecule has 0 saturated carbocycles. The van der Waals surface area contributed by atoms with Gasteiger partial charge in [-0.2, -0.15) is 4.98 Å². The van der Waals surface area contributed by atoms with Crippen molar-refractivity contribution in [1.82, 2.24) is 29.4 Å². The van der Waals surface area contributed by atoms with Crippen LogP contribution in [0, 0.1) is 6.92 Å². The highest BCUT2D eigenvalue weighted by molar-refractivity contribution is 5.86. The maximum absolute atomic E-state index is 12.7. The number of methoxy groups -OCH3 is 1. The molecule has 0 atom stereocenters. The molecule has 0 radical (unpaired) electrons. The molecule has 0 bridgehead atoms. The Morgan fingerprint density at radius 2 is 1.85 bits per heavy atom. The fourth-order valence-electron chi connectivity index (χ4n) is 4.16. The number of nitrogens with zero attached hydrogens (tertiary/aromatic N) is 7. The van der Waals surface area contributed by atoms with Gasteiger partial charge in [-0.15, -0.1) is 0 Å². The molecule has 5 heterocycles. The molecular weight excluding hydrogens is 436 g/mol. The number of ether oxygens (including phenoxy) is 1. The maximum Gasteiger partial charge on any atom is 0.270 e. The number of pyridine rings is 1. The molecular formula is C23H26N8O3. The summed E-state index contributed by atoms with van der Waals surface area (Å²) in [5, 5.41) is 0. The average Bonchev–Trinajstić information content (AvgIpc) is 3.29. The molecule has 11 heteroatoms. The Bertz CT molecular complexity index is 1360. The molecule has 0 aromatic carbocycles. The number of rotatable bonds is 6. The predicted molar refractivity (Wildman–Crippen MR) is 128 cm³/mol. The molecule has 4 aromatic heterocycles. The Morgan fingerprint density at radius 1 is 1.03 bits per heavy atom. The largest absolute Gasteiger partial charge is 0.481 e. The van der Waals surface area contributed by atoms with Crippen molar-refractivity contribution in [2.24, 2.45) is 0 Å². The zero-order valence-electron chi connectivity index (χ0n) is 19.1. The summed E-state index contributed by atoms with van der Waals surface area (Å²) in [6.45, 7) is 6.51. The van der Waals surface area contributed by atoms with E-state index in [4.69, 9.17) is 14.9 Å². The van der Waals surface area contributed by atoms with Gasteiger partial charge in [0.2, 0.25) is 11.8 Å². The lowest BCUT2D eigenvalue weighted by Crippen LogP contribution is -2.47. The topological polar surface area (TPSA) is 128 Å². The van der Waals surface area contributed by atoms with Gasteiger partial charge in [-0.3, -0.25) is 14.3 Å². The van der Waals surface area contributed by atoms with Crippen molar-refractivity contribution in [3.05, 3.63) is 52.8 Å². The molecule has 2 N–H and O–H groups in total. The summed E-state index contributed by atoms with van der Waals surface area (Å²) in [5.74, 6) is 1.96. The van der Waals surface area contributed by atoms with E-state index in [0.29, 0.717) is 41.6 Å². The van der Waals surface area contributed by atoms with Crippen LogP contribution in [-0.4, -0.2) is 69.2 Å². The molecule has 176 valence electrons. The van der Waals surface area contributed by atoms with Crippen LogP contribution in [-0.2, 0) is 6.54 Å². The van der Waals surface area contributed by atoms with Crippen molar-refractivity contribution in [3.8, 4) is 17.3 Å². The predicted octanol–water partition coefficient (Wildman–Crippen LogP) is 1.56. The van der Waals surface area contributed by atoms with Crippen molar-refractivity contribution < 1.29 is 9.15 Å². The smallest absolute Gasteiger partial charge is 0.270 e. The van der Waals surface area contributed by atoms with E-state index in [1.807, 2.05) is 37.4 Å². The molecule has 0 aliphatic carbocycles. The first-order chi connectivity index (χ1) is 16.5. The van der Waals surface area contributed by atoms with E-state index in [2.05, 4.69) is 29.7 Å². The minimum absolute atomic E-state index is 0.0689. The van der Waals surface area contributed by atoms with Gasteiger partial charge < -0.3 is 19.8 Å². The summed E-state index contributed by atoms with van der Waals surface area (Å²) in [5.41, 5.74) is 8.20. The Labute approximate surface area is 195 Å². The fraction of sp³-hybridized carbons (Fsp3) is 0.348. The van der Waals surface area contributed by atoms with Crippen LogP contribution in [0.4, 0.5) is 11.6 Å². The molecule has 0 amide bonds. The van der Waals surface area contributed by atoms with Gasteiger partial charge in [-0.05, 0) is 25.1 Å². The molecule has 1 fully saturated rings. The molecule has 1 saturated heterocycles. The van der Waals surface area contributed by atoms with E-state index in [1.54, 1.807) is 11.7 Å². The summed E-state index contributed by atoms with van der Waals surface area (Å²) in [4.78, 5) is 34.6. The van der Waals surface area contributed by atoms with Gasteiger partial charge in [0.05, 0.1) is 25.2 Å². The second kappa shape index (κ2) is 9.10. The van der Waals surface area contributed by atoms with Crippen molar-refractivity contribution in [1.29, 1.82) is 0 Å². The van der Waals surface area contributed by atoms with Crippen LogP contribution in [0.3, 0.4) is 0 Å². The minimum atomic E-state index is -0.227. The summed E-state index contributed by atoms with van der Waals surface area (Å²) in [7, 11) is 1.61. The lowest BCUT2D eigenvalue weighted by Gasteiger charge is -2.36. The number of nitrogen functional groups attached to an aromatic ring is 1. The van der Waals surface area contributed by atoms with E-state index in [9.17, 15) is 4.79 Å². The number of fused-ring (bicyclic) bond motifs is 1. The summed E-state index contributed by atoms with van der Waals surface area (Å²) in [6.07, 6.45) is 3.13. The Hall–Kier alpha value is -3.99. The van der Waals surface area contributed by atoms with E-state index in [1.165, 1.54) is 6.20 Å². The lowest BCUT2D eigenvalue weighted by atomic mass is 10.2. The number of aromatic nitrogens is 5. The van der Waals surface area contributed by atoms with Crippen LogP contribution in [0.2, 0.25) is 0 Å². The summed E-state index contributed by atoms with van der Waals surface area (Å²) in [6, 6.07) is 7.55. The molecule has 0 spiro atoms. The highest BCUT2D eigenvalue weighted by atomic mass is 16.5.